The van der Waals surface area contributed by atoms with Gasteiger partial charge in [-0.2, -0.15) is 13.2 Å². The first-order valence-corrected chi connectivity index (χ1v) is 5.84. The Balaban J connectivity index is 2.11. The van der Waals surface area contributed by atoms with E-state index in [-0.39, 0.29) is 17.1 Å². The van der Waals surface area contributed by atoms with Gasteiger partial charge in [0.2, 0.25) is 11.6 Å². The number of alkyl halides is 3. The van der Waals surface area contributed by atoms with Crippen molar-refractivity contribution in [2.45, 2.75) is 13.1 Å². The fourth-order valence-electron chi connectivity index (χ4n) is 1.88. The average Bonchev–Trinajstić information content (AvgIpc) is 2.80. The number of oxazole rings is 1. The van der Waals surface area contributed by atoms with E-state index in [4.69, 9.17) is 4.42 Å². The molecule has 3 aromatic rings. The Bertz CT molecular complexity index is 777. The molecule has 20 heavy (non-hydrogen) atoms. The molecule has 2 aromatic heterocycles. The van der Waals surface area contributed by atoms with Gasteiger partial charge in [-0.25, -0.2) is 9.97 Å². The average molecular weight is 278 g/mol. The van der Waals surface area contributed by atoms with Crippen LogP contribution in [-0.2, 0) is 6.18 Å². The van der Waals surface area contributed by atoms with Gasteiger partial charge in [-0.3, -0.25) is 0 Å². The van der Waals surface area contributed by atoms with Crippen molar-refractivity contribution < 1.29 is 17.6 Å². The highest BCUT2D eigenvalue weighted by atomic mass is 19.4. The maximum atomic E-state index is 12.6. The first kappa shape index (κ1) is 12.7. The van der Waals surface area contributed by atoms with Crippen LogP contribution in [0.5, 0.6) is 0 Å². The van der Waals surface area contributed by atoms with Crippen LogP contribution in [0.25, 0.3) is 22.7 Å². The van der Waals surface area contributed by atoms with Gasteiger partial charge in [0.25, 0.3) is 0 Å². The molecule has 0 saturated carbocycles. The number of rotatable bonds is 1. The predicted octanol–water partition coefficient (Wildman–Crippen LogP) is 4.22. The molecule has 6 heteroatoms. The van der Waals surface area contributed by atoms with Crippen LogP contribution >= 0.6 is 0 Å². The van der Waals surface area contributed by atoms with E-state index in [0.29, 0.717) is 5.56 Å². The van der Waals surface area contributed by atoms with Crippen LogP contribution in [0.3, 0.4) is 0 Å². The Morgan fingerprint density at radius 3 is 2.65 bits per heavy atom. The number of halogens is 3. The van der Waals surface area contributed by atoms with E-state index >= 15 is 0 Å². The van der Waals surface area contributed by atoms with Crippen LogP contribution in [0.2, 0.25) is 0 Å². The zero-order valence-electron chi connectivity index (χ0n) is 10.4. The van der Waals surface area contributed by atoms with Crippen molar-refractivity contribution in [3.63, 3.8) is 0 Å². The summed E-state index contributed by atoms with van der Waals surface area (Å²) in [5.41, 5.74) is 1.06. The van der Waals surface area contributed by atoms with Crippen LogP contribution in [0.1, 0.15) is 11.1 Å². The molecule has 0 amide bonds. The van der Waals surface area contributed by atoms with Gasteiger partial charge in [0, 0.05) is 11.8 Å². The number of fused-ring (bicyclic) bond motifs is 1. The summed E-state index contributed by atoms with van der Waals surface area (Å²) in [5.74, 6) is 0.260. The Morgan fingerprint density at radius 1 is 1.15 bits per heavy atom. The minimum Gasteiger partial charge on any atom is -0.418 e. The van der Waals surface area contributed by atoms with Crippen LogP contribution in [0.4, 0.5) is 13.2 Å². The highest BCUT2D eigenvalue weighted by molar-refractivity contribution is 5.73. The minimum atomic E-state index is -4.44. The summed E-state index contributed by atoms with van der Waals surface area (Å²) in [5, 5.41) is 0. The first-order chi connectivity index (χ1) is 9.43. The molecule has 0 spiro atoms. The molecule has 3 rings (SSSR count). The maximum Gasteiger partial charge on any atom is 0.417 e. The van der Waals surface area contributed by atoms with Crippen molar-refractivity contribution in [2.75, 3.05) is 0 Å². The lowest BCUT2D eigenvalue weighted by Gasteiger charge is -2.03. The zero-order chi connectivity index (χ0) is 14.3. The number of benzene rings is 1. The van der Waals surface area contributed by atoms with Crippen molar-refractivity contribution in [3.8, 4) is 11.5 Å². The van der Waals surface area contributed by atoms with E-state index in [1.807, 2.05) is 25.1 Å². The fourth-order valence-corrected chi connectivity index (χ4v) is 1.88. The Labute approximate surface area is 112 Å². The number of hydrogen-bond acceptors (Lipinski definition) is 3. The van der Waals surface area contributed by atoms with E-state index in [1.165, 1.54) is 0 Å². The number of aromatic nitrogens is 2. The molecule has 0 saturated heterocycles. The molecule has 0 aliphatic rings. The minimum absolute atomic E-state index is 0.0921. The Hall–Kier alpha value is -2.37. The van der Waals surface area contributed by atoms with Gasteiger partial charge < -0.3 is 4.42 Å². The Morgan fingerprint density at radius 2 is 1.95 bits per heavy atom. The molecule has 3 nitrogen and oxygen atoms in total. The first-order valence-electron chi connectivity index (χ1n) is 5.84. The second-order valence-electron chi connectivity index (χ2n) is 4.43. The smallest absolute Gasteiger partial charge is 0.417 e. The quantitative estimate of drug-likeness (QED) is 0.669. The topological polar surface area (TPSA) is 38.9 Å². The number of aryl methyl sites for hydroxylation is 1. The summed E-state index contributed by atoms with van der Waals surface area (Å²) in [6.45, 7) is 1.91. The summed E-state index contributed by atoms with van der Waals surface area (Å²) in [6, 6.07) is 8.29. The normalized spacial score (nSPS) is 12.0. The molecule has 0 aliphatic carbocycles. The van der Waals surface area contributed by atoms with E-state index < -0.39 is 11.7 Å². The van der Waals surface area contributed by atoms with Crippen molar-refractivity contribution in [3.05, 3.63) is 47.7 Å². The summed E-state index contributed by atoms with van der Waals surface area (Å²) in [6.07, 6.45) is -3.70. The number of pyridine rings is 1. The number of hydrogen-bond donors (Lipinski definition) is 0. The molecular formula is C14H9F3N2O. The molecule has 102 valence electrons. The van der Waals surface area contributed by atoms with Gasteiger partial charge in [-0.05, 0) is 25.1 Å². The molecule has 0 N–H and O–H groups in total. The van der Waals surface area contributed by atoms with E-state index in [9.17, 15) is 13.2 Å². The summed E-state index contributed by atoms with van der Waals surface area (Å²) >= 11 is 0. The summed E-state index contributed by atoms with van der Waals surface area (Å²) < 4.78 is 43.2. The van der Waals surface area contributed by atoms with Crippen molar-refractivity contribution in [2.24, 2.45) is 0 Å². The number of nitrogens with zero attached hydrogens (tertiary/aromatic N) is 2. The monoisotopic (exact) mass is 278 g/mol. The van der Waals surface area contributed by atoms with E-state index in [1.54, 1.807) is 6.07 Å². The zero-order valence-corrected chi connectivity index (χ0v) is 10.4. The molecule has 2 heterocycles. The van der Waals surface area contributed by atoms with Crippen LogP contribution in [0, 0.1) is 6.92 Å². The molecule has 0 fully saturated rings. The molecule has 0 unspecified atom stereocenters. The van der Waals surface area contributed by atoms with Gasteiger partial charge >= 0.3 is 6.18 Å². The largest absolute Gasteiger partial charge is 0.418 e. The fraction of sp³-hybridized carbons (Fsp3) is 0.143. The third-order valence-corrected chi connectivity index (χ3v) is 2.84. The van der Waals surface area contributed by atoms with Gasteiger partial charge in [0.05, 0.1) is 5.56 Å². The van der Waals surface area contributed by atoms with Crippen LogP contribution < -0.4 is 0 Å². The SMILES string of the molecule is Cc1cccc(-c2nc3cc(C(F)(F)F)cnc3o2)c1. The second kappa shape index (κ2) is 4.33. The highest BCUT2D eigenvalue weighted by Crippen LogP contribution is 2.31. The van der Waals surface area contributed by atoms with Gasteiger partial charge in [-0.15, -0.1) is 0 Å². The van der Waals surface area contributed by atoms with Gasteiger partial charge in [0.15, 0.2) is 0 Å². The van der Waals surface area contributed by atoms with Crippen molar-refractivity contribution >= 4 is 11.2 Å². The predicted molar refractivity (Wildman–Crippen MR) is 67.0 cm³/mol. The summed E-state index contributed by atoms with van der Waals surface area (Å²) in [7, 11) is 0. The third-order valence-electron chi connectivity index (χ3n) is 2.84. The maximum absolute atomic E-state index is 12.6. The van der Waals surface area contributed by atoms with Crippen molar-refractivity contribution in [1.82, 2.24) is 9.97 Å². The van der Waals surface area contributed by atoms with Crippen LogP contribution in [0.15, 0.2) is 40.9 Å². The second-order valence-corrected chi connectivity index (χ2v) is 4.43. The lowest BCUT2D eigenvalue weighted by atomic mass is 10.1. The highest BCUT2D eigenvalue weighted by Gasteiger charge is 2.31. The molecule has 0 atom stereocenters. The molecule has 0 aliphatic heterocycles. The van der Waals surface area contributed by atoms with Crippen molar-refractivity contribution in [1.29, 1.82) is 0 Å². The summed E-state index contributed by atoms with van der Waals surface area (Å²) in [4.78, 5) is 7.74. The molecular weight excluding hydrogens is 269 g/mol. The standard InChI is InChI=1S/C14H9F3N2O/c1-8-3-2-4-9(5-8)12-19-11-6-10(14(15,16)17)7-18-13(11)20-12/h2-7H,1H3. The third kappa shape index (κ3) is 2.24. The molecule has 1 aromatic carbocycles. The van der Waals surface area contributed by atoms with Gasteiger partial charge in [-0.1, -0.05) is 17.7 Å². The lowest BCUT2D eigenvalue weighted by Crippen LogP contribution is -2.04. The van der Waals surface area contributed by atoms with Gasteiger partial charge in [0.1, 0.15) is 5.52 Å². The van der Waals surface area contributed by atoms with E-state index in [0.717, 1.165) is 17.8 Å². The van der Waals surface area contributed by atoms with Crippen LogP contribution in [-0.4, -0.2) is 9.97 Å². The molecule has 0 radical (unpaired) electrons. The van der Waals surface area contributed by atoms with E-state index in [2.05, 4.69) is 9.97 Å². The Kier molecular flexibility index (Phi) is 2.74. The molecule has 0 bridgehead atoms. The lowest BCUT2D eigenvalue weighted by molar-refractivity contribution is -0.137.